The van der Waals surface area contributed by atoms with Crippen LogP contribution in [0.1, 0.15) is 56.2 Å². The van der Waals surface area contributed by atoms with Gasteiger partial charge in [-0.3, -0.25) is 0 Å². The lowest BCUT2D eigenvalue weighted by atomic mass is 9.80. The Bertz CT molecular complexity index is 634. The molecule has 2 atom stereocenters. The summed E-state index contributed by atoms with van der Waals surface area (Å²) in [6.45, 7) is 8.61. The summed E-state index contributed by atoms with van der Waals surface area (Å²) in [6.07, 6.45) is -2.89. The van der Waals surface area contributed by atoms with E-state index >= 15 is 0 Å². The van der Waals surface area contributed by atoms with E-state index in [9.17, 15) is 18.0 Å². The van der Waals surface area contributed by atoms with E-state index in [2.05, 4.69) is 6.58 Å². The number of carbonyl (C=O) groups excluding carboxylic acids is 1. The van der Waals surface area contributed by atoms with Gasteiger partial charge in [-0.25, -0.2) is 4.79 Å². The average Bonchev–Trinajstić information content (AvgIpc) is 2.90. The molecular formula is C18H21F3O2. The highest BCUT2D eigenvalue weighted by atomic mass is 19.4. The van der Waals surface area contributed by atoms with Gasteiger partial charge in [-0.2, -0.15) is 13.2 Å². The Hall–Kier alpha value is -1.78. The lowest BCUT2D eigenvalue weighted by Crippen LogP contribution is -2.38. The topological polar surface area (TPSA) is 26.3 Å². The largest absolute Gasteiger partial charge is 0.455 e. The molecule has 0 saturated heterocycles. The Morgan fingerprint density at radius 1 is 1.39 bits per heavy atom. The number of alkyl halides is 3. The van der Waals surface area contributed by atoms with Crippen molar-refractivity contribution in [2.75, 3.05) is 0 Å². The van der Waals surface area contributed by atoms with E-state index in [0.29, 0.717) is 24.8 Å². The highest BCUT2D eigenvalue weighted by Crippen LogP contribution is 2.48. The number of aryl methyl sites for hydroxylation is 1. The van der Waals surface area contributed by atoms with Gasteiger partial charge in [-0.05, 0) is 50.3 Å². The molecule has 126 valence electrons. The Kier molecular flexibility index (Phi) is 4.60. The van der Waals surface area contributed by atoms with Crippen LogP contribution in [0.4, 0.5) is 13.2 Å². The summed E-state index contributed by atoms with van der Waals surface area (Å²) in [5.74, 6) is -1.03. The zero-order chi connectivity index (χ0) is 17.4. The minimum Gasteiger partial charge on any atom is -0.455 e. The molecule has 1 aromatic carbocycles. The van der Waals surface area contributed by atoms with Crippen LogP contribution in [0.3, 0.4) is 0 Å². The normalized spacial score (nSPS) is 19.8. The highest BCUT2D eigenvalue weighted by molar-refractivity contribution is 5.87. The molecular weight excluding hydrogens is 305 g/mol. The van der Waals surface area contributed by atoms with Gasteiger partial charge >= 0.3 is 12.1 Å². The summed E-state index contributed by atoms with van der Waals surface area (Å²) in [6, 6.07) is 4.27. The number of hydrogen-bond acceptors (Lipinski definition) is 2. The molecule has 23 heavy (non-hydrogen) atoms. The number of hydrogen-bond donors (Lipinski definition) is 0. The monoisotopic (exact) mass is 326 g/mol. The molecule has 0 radical (unpaired) electrons. The molecule has 0 bridgehead atoms. The molecule has 0 aliphatic heterocycles. The third-order valence-corrected chi connectivity index (χ3v) is 4.67. The zero-order valence-corrected chi connectivity index (χ0v) is 13.6. The molecule has 0 amide bonds. The van der Waals surface area contributed by atoms with Crippen molar-refractivity contribution >= 4 is 5.97 Å². The highest BCUT2D eigenvalue weighted by Gasteiger charge is 2.46. The summed E-state index contributed by atoms with van der Waals surface area (Å²) >= 11 is 0. The quantitative estimate of drug-likeness (QED) is 0.573. The maximum Gasteiger partial charge on any atom is 0.416 e. The standard InChI is InChI=1S/C18H21F3O2/c1-5-17(4,23-16(22)11(2)3)13-10-9-12-7-6-8-14(15(12)13)18(19,20)21/h6-8,13H,2,5,9-10H2,1,3-4H3. The minimum atomic E-state index is -4.42. The van der Waals surface area contributed by atoms with Crippen molar-refractivity contribution in [3.8, 4) is 0 Å². The summed E-state index contributed by atoms with van der Waals surface area (Å²) in [5.41, 5.74) is -0.395. The fraction of sp³-hybridized carbons (Fsp3) is 0.500. The Labute approximate surface area is 134 Å². The summed E-state index contributed by atoms with van der Waals surface area (Å²) in [7, 11) is 0. The molecule has 0 N–H and O–H groups in total. The van der Waals surface area contributed by atoms with Crippen LogP contribution in [0.25, 0.3) is 0 Å². The first kappa shape index (κ1) is 17.6. The molecule has 1 aromatic rings. The molecule has 0 aromatic heterocycles. The second-order valence-electron chi connectivity index (χ2n) is 6.30. The molecule has 1 aliphatic rings. The zero-order valence-electron chi connectivity index (χ0n) is 13.6. The van der Waals surface area contributed by atoms with Crippen LogP contribution in [0.5, 0.6) is 0 Å². The van der Waals surface area contributed by atoms with E-state index in [4.69, 9.17) is 4.74 Å². The maximum atomic E-state index is 13.4. The predicted molar refractivity (Wildman–Crippen MR) is 82.1 cm³/mol. The second-order valence-corrected chi connectivity index (χ2v) is 6.30. The van der Waals surface area contributed by atoms with E-state index in [1.807, 2.05) is 6.92 Å². The fourth-order valence-corrected chi connectivity index (χ4v) is 3.23. The molecule has 0 heterocycles. The van der Waals surface area contributed by atoms with Gasteiger partial charge in [0.2, 0.25) is 0 Å². The minimum absolute atomic E-state index is 0.243. The number of ether oxygens (including phenoxy) is 1. The Morgan fingerprint density at radius 2 is 2.04 bits per heavy atom. The van der Waals surface area contributed by atoms with Crippen molar-refractivity contribution in [3.63, 3.8) is 0 Å². The van der Waals surface area contributed by atoms with Crippen LogP contribution in [0.15, 0.2) is 30.4 Å². The molecule has 0 saturated carbocycles. The van der Waals surface area contributed by atoms with Crippen LogP contribution < -0.4 is 0 Å². The van der Waals surface area contributed by atoms with E-state index in [1.165, 1.54) is 13.0 Å². The second kappa shape index (κ2) is 6.02. The van der Waals surface area contributed by atoms with E-state index in [1.54, 1.807) is 13.0 Å². The first-order valence-corrected chi connectivity index (χ1v) is 7.68. The Balaban J connectivity index is 2.48. The molecule has 2 rings (SSSR count). The predicted octanol–water partition coefficient (Wildman–Crippen LogP) is 5.02. The van der Waals surface area contributed by atoms with Gasteiger partial charge in [-0.1, -0.05) is 25.6 Å². The molecule has 2 unspecified atom stereocenters. The van der Waals surface area contributed by atoms with Crippen LogP contribution in [0, 0.1) is 0 Å². The summed E-state index contributed by atoms with van der Waals surface area (Å²) in [5, 5.41) is 0. The van der Waals surface area contributed by atoms with Crippen molar-refractivity contribution in [2.24, 2.45) is 0 Å². The lowest BCUT2D eigenvalue weighted by molar-refractivity contribution is -0.156. The van der Waals surface area contributed by atoms with E-state index in [0.717, 1.165) is 6.07 Å². The number of fused-ring (bicyclic) bond motifs is 1. The van der Waals surface area contributed by atoms with Crippen molar-refractivity contribution in [1.29, 1.82) is 0 Å². The van der Waals surface area contributed by atoms with Gasteiger partial charge in [-0.15, -0.1) is 0 Å². The fourth-order valence-electron chi connectivity index (χ4n) is 3.23. The van der Waals surface area contributed by atoms with Gasteiger partial charge in [0.05, 0.1) is 5.56 Å². The lowest BCUT2D eigenvalue weighted by Gasteiger charge is -2.36. The van der Waals surface area contributed by atoms with Crippen molar-refractivity contribution < 1.29 is 22.7 Å². The van der Waals surface area contributed by atoms with Gasteiger partial charge in [0.1, 0.15) is 5.60 Å². The SMILES string of the molecule is C=C(C)C(=O)OC(C)(CC)C1CCc2cccc(C(F)(F)F)c21. The van der Waals surface area contributed by atoms with E-state index < -0.39 is 29.2 Å². The average molecular weight is 326 g/mol. The molecule has 1 aliphatic carbocycles. The summed E-state index contributed by atoms with van der Waals surface area (Å²) < 4.78 is 45.7. The Morgan fingerprint density at radius 3 is 2.57 bits per heavy atom. The number of halogens is 3. The van der Waals surface area contributed by atoms with Crippen molar-refractivity contribution in [1.82, 2.24) is 0 Å². The number of esters is 1. The maximum absolute atomic E-state index is 13.4. The third kappa shape index (κ3) is 3.28. The van der Waals surface area contributed by atoms with Gasteiger partial charge in [0.25, 0.3) is 0 Å². The molecule has 0 spiro atoms. The third-order valence-electron chi connectivity index (χ3n) is 4.67. The molecule has 2 nitrogen and oxygen atoms in total. The van der Waals surface area contributed by atoms with Gasteiger partial charge in [0.15, 0.2) is 0 Å². The number of carbonyl (C=O) groups is 1. The number of benzene rings is 1. The van der Waals surface area contributed by atoms with Crippen molar-refractivity contribution in [3.05, 3.63) is 47.0 Å². The van der Waals surface area contributed by atoms with Crippen LogP contribution in [-0.4, -0.2) is 11.6 Å². The first-order chi connectivity index (χ1) is 10.6. The van der Waals surface area contributed by atoms with Gasteiger partial charge < -0.3 is 4.74 Å². The van der Waals surface area contributed by atoms with Crippen LogP contribution >= 0.6 is 0 Å². The smallest absolute Gasteiger partial charge is 0.416 e. The van der Waals surface area contributed by atoms with Crippen LogP contribution in [-0.2, 0) is 22.1 Å². The van der Waals surface area contributed by atoms with E-state index in [-0.39, 0.29) is 11.1 Å². The van der Waals surface area contributed by atoms with Crippen molar-refractivity contribution in [2.45, 2.75) is 57.7 Å². The molecule has 0 fully saturated rings. The van der Waals surface area contributed by atoms with Gasteiger partial charge in [0, 0.05) is 11.5 Å². The number of rotatable bonds is 4. The summed E-state index contributed by atoms with van der Waals surface area (Å²) in [4.78, 5) is 11.9. The van der Waals surface area contributed by atoms with Crippen LogP contribution in [0.2, 0.25) is 0 Å². The molecule has 5 heteroatoms. The first-order valence-electron chi connectivity index (χ1n) is 7.68.